The van der Waals surface area contributed by atoms with Gasteiger partial charge in [0.05, 0.1) is 10.6 Å². The van der Waals surface area contributed by atoms with Crippen LogP contribution in [0.25, 0.3) is 11.1 Å². The van der Waals surface area contributed by atoms with Gasteiger partial charge in [0, 0.05) is 30.0 Å². The van der Waals surface area contributed by atoms with Gasteiger partial charge in [-0.3, -0.25) is 9.59 Å². The molecule has 0 atom stereocenters. The molecular weight excluding hydrogens is 464 g/mol. The topological polar surface area (TPSA) is 110 Å². The zero-order chi connectivity index (χ0) is 23.8. The second kappa shape index (κ2) is 9.09. The first-order valence-corrected chi connectivity index (χ1v) is 12.3. The first-order valence-electron chi connectivity index (χ1n) is 10.4. The average molecular weight is 487 g/mol. The van der Waals surface area contributed by atoms with Gasteiger partial charge in [0.15, 0.2) is 0 Å². The first kappa shape index (κ1) is 23.2. The number of carbonyl (C=O) groups is 2. The molecule has 1 aromatic heterocycles. The fourth-order valence-electron chi connectivity index (χ4n) is 3.79. The summed E-state index contributed by atoms with van der Waals surface area (Å²) < 4.78 is 30.0. The Morgan fingerprint density at radius 1 is 1.09 bits per heavy atom. The summed E-state index contributed by atoms with van der Waals surface area (Å²) in [4.78, 5) is 24.6. The zero-order valence-electron chi connectivity index (χ0n) is 18.2. The highest BCUT2D eigenvalue weighted by Crippen LogP contribution is 2.35. The maximum Gasteiger partial charge on any atom is 0.249 e. The molecule has 10 heteroatoms. The number of aromatic nitrogens is 2. The second-order valence-corrected chi connectivity index (χ2v) is 10.1. The summed E-state index contributed by atoms with van der Waals surface area (Å²) >= 11 is 5.89. The Hall–Kier alpha value is -3.01. The molecule has 2 heterocycles. The first-order chi connectivity index (χ1) is 15.7. The fraction of sp³-hybridized carbons (Fsp3) is 0.261. The van der Waals surface area contributed by atoms with E-state index in [0.717, 1.165) is 5.56 Å². The summed E-state index contributed by atoms with van der Waals surface area (Å²) in [6, 6.07) is 12.2. The van der Waals surface area contributed by atoms with Crippen molar-refractivity contribution in [2.75, 3.05) is 11.9 Å². The number of hydrogen-bond acceptors (Lipinski definition) is 5. The highest BCUT2D eigenvalue weighted by molar-refractivity contribution is 7.89. The van der Waals surface area contributed by atoms with Gasteiger partial charge in [0.1, 0.15) is 5.82 Å². The van der Waals surface area contributed by atoms with E-state index in [-0.39, 0.29) is 41.9 Å². The number of aryl methyl sites for hydroxylation is 2. The van der Waals surface area contributed by atoms with Gasteiger partial charge in [-0.1, -0.05) is 35.9 Å². The van der Waals surface area contributed by atoms with Crippen LogP contribution in [-0.4, -0.2) is 36.6 Å². The minimum atomic E-state index is -3.80. The van der Waals surface area contributed by atoms with Crippen molar-refractivity contribution in [3.05, 3.63) is 64.3 Å². The standard InChI is InChI=1S/C23H23ClN4O4S/c1-14-3-6-17(22-15(2)27-28-21(30)10-9-20(29)26-23(22)28)13-19(14)33(31,32)25-12-11-16-4-7-18(24)8-5-16/h3-8,13,25H,9-12H2,1-2H3,(H,26,29). The van der Waals surface area contributed by atoms with Gasteiger partial charge < -0.3 is 5.32 Å². The summed E-state index contributed by atoms with van der Waals surface area (Å²) in [6.45, 7) is 3.66. The molecule has 0 radical (unpaired) electrons. The fourth-order valence-corrected chi connectivity index (χ4v) is 5.22. The Bertz CT molecular complexity index is 1350. The Morgan fingerprint density at radius 3 is 2.55 bits per heavy atom. The molecule has 172 valence electrons. The molecule has 0 aliphatic carbocycles. The monoisotopic (exact) mass is 486 g/mol. The highest BCUT2D eigenvalue weighted by atomic mass is 35.5. The molecule has 0 bridgehead atoms. The van der Waals surface area contributed by atoms with Crippen LogP contribution in [0.5, 0.6) is 0 Å². The number of nitrogens with one attached hydrogen (secondary N) is 2. The largest absolute Gasteiger partial charge is 0.310 e. The molecule has 0 unspecified atom stereocenters. The summed E-state index contributed by atoms with van der Waals surface area (Å²) in [5.41, 5.74) is 3.13. The van der Waals surface area contributed by atoms with Crippen LogP contribution >= 0.6 is 11.6 Å². The lowest BCUT2D eigenvalue weighted by molar-refractivity contribution is -0.116. The van der Waals surface area contributed by atoms with E-state index in [4.69, 9.17) is 11.6 Å². The van der Waals surface area contributed by atoms with Crippen LogP contribution in [0, 0.1) is 13.8 Å². The molecule has 1 amide bonds. The number of hydrogen-bond donors (Lipinski definition) is 2. The molecule has 1 aliphatic heterocycles. The van der Waals surface area contributed by atoms with Crippen LogP contribution in [0.4, 0.5) is 5.82 Å². The Morgan fingerprint density at radius 2 is 1.82 bits per heavy atom. The van der Waals surface area contributed by atoms with Gasteiger partial charge in [0.25, 0.3) is 0 Å². The van der Waals surface area contributed by atoms with E-state index in [1.165, 1.54) is 4.68 Å². The van der Waals surface area contributed by atoms with E-state index in [9.17, 15) is 18.0 Å². The van der Waals surface area contributed by atoms with E-state index in [1.807, 2.05) is 12.1 Å². The molecule has 2 aromatic carbocycles. The number of anilines is 1. The zero-order valence-corrected chi connectivity index (χ0v) is 19.8. The van der Waals surface area contributed by atoms with E-state index < -0.39 is 10.0 Å². The second-order valence-electron chi connectivity index (χ2n) is 7.92. The van der Waals surface area contributed by atoms with E-state index in [2.05, 4.69) is 15.1 Å². The lowest BCUT2D eigenvalue weighted by Gasteiger charge is -2.12. The van der Waals surface area contributed by atoms with Crippen molar-refractivity contribution < 1.29 is 18.0 Å². The van der Waals surface area contributed by atoms with Crippen LogP contribution in [-0.2, 0) is 21.2 Å². The van der Waals surface area contributed by atoms with Crippen molar-refractivity contribution in [3.8, 4) is 11.1 Å². The third kappa shape index (κ3) is 4.85. The Labute approximate surface area is 197 Å². The van der Waals surface area contributed by atoms with Crippen LogP contribution in [0.2, 0.25) is 5.02 Å². The predicted octanol–water partition coefficient (Wildman–Crippen LogP) is 3.71. The number of benzene rings is 2. The molecule has 1 aliphatic rings. The van der Waals surface area contributed by atoms with E-state index >= 15 is 0 Å². The summed E-state index contributed by atoms with van der Waals surface area (Å²) in [6.07, 6.45) is 0.648. The molecule has 3 aromatic rings. The van der Waals surface area contributed by atoms with Crippen molar-refractivity contribution >= 4 is 39.3 Å². The van der Waals surface area contributed by atoms with Crippen molar-refractivity contribution in [3.63, 3.8) is 0 Å². The van der Waals surface area contributed by atoms with Gasteiger partial charge in [0.2, 0.25) is 21.8 Å². The quantitative estimate of drug-likeness (QED) is 0.551. The summed E-state index contributed by atoms with van der Waals surface area (Å²) in [5, 5.41) is 7.64. The van der Waals surface area contributed by atoms with Gasteiger partial charge in [-0.05, 0) is 55.2 Å². The summed E-state index contributed by atoms with van der Waals surface area (Å²) in [5.74, 6) is -0.309. The van der Waals surface area contributed by atoms with Crippen molar-refractivity contribution in [1.29, 1.82) is 0 Å². The number of carbonyl (C=O) groups excluding carboxylic acids is 2. The number of rotatable bonds is 6. The Kier molecular flexibility index (Phi) is 6.38. The minimum Gasteiger partial charge on any atom is -0.310 e. The molecule has 4 rings (SSSR count). The predicted molar refractivity (Wildman–Crippen MR) is 126 cm³/mol. The maximum absolute atomic E-state index is 13.1. The lowest BCUT2D eigenvalue weighted by Crippen LogP contribution is -2.26. The smallest absolute Gasteiger partial charge is 0.249 e. The van der Waals surface area contributed by atoms with Gasteiger partial charge >= 0.3 is 0 Å². The third-order valence-corrected chi connectivity index (χ3v) is 7.36. The molecular formula is C23H23ClN4O4S. The molecule has 33 heavy (non-hydrogen) atoms. The molecule has 2 N–H and O–H groups in total. The van der Waals surface area contributed by atoms with Crippen molar-refractivity contribution in [2.24, 2.45) is 0 Å². The molecule has 0 saturated carbocycles. The SMILES string of the molecule is Cc1ccc(-c2c(C)nn3c2NC(=O)CCC3=O)cc1S(=O)(=O)NCCc1ccc(Cl)cc1. The number of amides is 1. The Balaban J connectivity index is 1.64. The number of fused-ring (bicyclic) bond motifs is 1. The number of sulfonamides is 1. The van der Waals surface area contributed by atoms with Crippen LogP contribution < -0.4 is 10.0 Å². The number of nitrogens with zero attached hydrogens (tertiary/aromatic N) is 2. The average Bonchev–Trinajstić information content (AvgIpc) is 3.02. The lowest BCUT2D eigenvalue weighted by atomic mass is 10.0. The van der Waals surface area contributed by atoms with E-state index in [1.54, 1.807) is 44.2 Å². The third-order valence-electron chi connectivity index (χ3n) is 5.51. The molecule has 0 spiro atoms. The maximum atomic E-state index is 13.1. The highest BCUT2D eigenvalue weighted by Gasteiger charge is 2.27. The normalized spacial score (nSPS) is 14.0. The van der Waals surface area contributed by atoms with Crippen LogP contribution in [0.3, 0.4) is 0 Å². The summed E-state index contributed by atoms with van der Waals surface area (Å²) in [7, 11) is -3.80. The minimum absolute atomic E-state index is 0.0600. The van der Waals surface area contributed by atoms with E-state index in [0.29, 0.717) is 33.8 Å². The van der Waals surface area contributed by atoms with Gasteiger partial charge in [-0.2, -0.15) is 9.78 Å². The van der Waals surface area contributed by atoms with Crippen LogP contribution in [0.1, 0.15) is 34.5 Å². The van der Waals surface area contributed by atoms with Crippen LogP contribution in [0.15, 0.2) is 47.4 Å². The molecule has 0 fully saturated rings. The van der Waals surface area contributed by atoms with Crippen molar-refractivity contribution in [1.82, 2.24) is 14.5 Å². The van der Waals surface area contributed by atoms with Gasteiger partial charge in [-0.15, -0.1) is 0 Å². The number of halogens is 1. The van der Waals surface area contributed by atoms with Gasteiger partial charge in [-0.25, -0.2) is 13.1 Å². The molecule has 0 saturated heterocycles. The van der Waals surface area contributed by atoms with Crippen molar-refractivity contribution in [2.45, 2.75) is 38.0 Å². The molecule has 8 nitrogen and oxygen atoms in total.